The highest BCUT2D eigenvalue weighted by atomic mass is 32.2. The van der Waals surface area contributed by atoms with Crippen molar-refractivity contribution in [2.24, 2.45) is 0 Å². The molecule has 9 nitrogen and oxygen atoms in total. The van der Waals surface area contributed by atoms with Gasteiger partial charge in [0.2, 0.25) is 0 Å². The van der Waals surface area contributed by atoms with Gasteiger partial charge >= 0.3 is 0 Å². The lowest BCUT2D eigenvalue weighted by Crippen LogP contribution is -2.46. The molecule has 2 aromatic heterocycles. The standard InChI is InChI=1S/C27H25FN2O7S/c1-27(2,3)38(33,34)35-16-22-12-11-21(37-22)15-24-26(32)29-23(25(31)30-24)14-17-5-4-6-20(13-17)36-19-9-7-18(28)8-10-19/h4-15H,16H2,1-3H3,(H,29,32)(H,30,31)/b23-14-,24-15-. The lowest BCUT2D eigenvalue weighted by Gasteiger charge is -2.17. The Morgan fingerprint density at radius 2 is 1.55 bits per heavy atom. The highest BCUT2D eigenvalue weighted by Gasteiger charge is 2.30. The van der Waals surface area contributed by atoms with E-state index in [1.54, 1.807) is 24.3 Å². The number of nitrogens with one attached hydrogen (secondary N) is 2. The number of furan rings is 1. The third kappa shape index (κ3) is 6.55. The predicted molar refractivity (Wildman–Crippen MR) is 139 cm³/mol. The quantitative estimate of drug-likeness (QED) is 0.345. The Hall–Kier alpha value is -4.22. The summed E-state index contributed by atoms with van der Waals surface area (Å²) in [6.45, 7) is 4.25. The normalized spacial score (nSPS) is 13.2. The molecule has 4 aromatic rings. The Kier molecular flexibility index (Phi) is 7.51. The molecule has 0 spiro atoms. The molecule has 2 N–H and O–H groups in total. The van der Waals surface area contributed by atoms with Crippen molar-refractivity contribution < 1.29 is 26.1 Å². The largest absolute Gasteiger partial charge is 0.459 e. The smallest absolute Gasteiger partial charge is 0.272 e. The summed E-state index contributed by atoms with van der Waals surface area (Å²) in [5, 5.41) is -0.0309. The summed E-state index contributed by atoms with van der Waals surface area (Å²) in [7, 11) is -3.81. The van der Waals surface area contributed by atoms with E-state index < -0.39 is 26.0 Å². The van der Waals surface area contributed by atoms with Crippen molar-refractivity contribution in [3.8, 4) is 11.5 Å². The Morgan fingerprint density at radius 3 is 2.21 bits per heavy atom. The van der Waals surface area contributed by atoms with E-state index in [4.69, 9.17) is 13.3 Å². The first-order valence-corrected chi connectivity index (χ1v) is 12.9. The van der Waals surface area contributed by atoms with Gasteiger partial charge in [-0.1, -0.05) is 12.1 Å². The fourth-order valence-electron chi connectivity index (χ4n) is 3.17. The molecule has 0 amide bonds. The van der Waals surface area contributed by atoms with E-state index in [-0.39, 0.29) is 34.6 Å². The van der Waals surface area contributed by atoms with E-state index in [1.807, 2.05) is 0 Å². The number of halogens is 1. The average Bonchev–Trinajstić information content (AvgIpc) is 3.29. The molecule has 4 rings (SSSR count). The third-order valence-electron chi connectivity index (χ3n) is 5.28. The zero-order valence-corrected chi connectivity index (χ0v) is 21.6. The van der Waals surface area contributed by atoms with Crippen LogP contribution in [-0.4, -0.2) is 23.1 Å². The van der Waals surface area contributed by atoms with Crippen LogP contribution in [0, 0.1) is 5.82 Å². The van der Waals surface area contributed by atoms with E-state index in [0.717, 1.165) is 0 Å². The molecule has 0 saturated heterocycles. The zero-order chi connectivity index (χ0) is 27.5. The molecule has 0 unspecified atom stereocenters. The van der Waals surface area contributed by atoms with Gasteiger partial charge in [0.25, 0.3) is 21.2 Å². The number of H-pyrrole nitrogens is 2. The maximum atomic E-state index is 13.1. The molecular formula is C27H25FN2O7S. The molecule has 38 heavy (non-hydrogen) atoms. The van der Waals surface area contributed by atoms with E-state index in [2.05, 4.69) is 9.97 Å². The van der Waals surface area contributed by atoms with E-state index in [1.165, 1.54) is 69.3 Å². The van der Waals surface area contributed by atoms with Crippen molar-refractivity contribution in [2.75, 3.05) is 0 Å². The van der Waals surface area contributed by atoms with Crippen LogP contribution < -0.4 is 26.6 Å². The average molecular weight is 541 g/mol. The maximum Gasteiger partial charge on any atom is 0.272 e. The molecule has 0 bridgehead atoms. The monoisotopic (exact) mass is 540 g/mol. The minimum absolute atomic E-state index is 0.0204. The summed E-state index contributed by atoms with van der Waals surface area (Å²) in [6, 6.07) is 15.4. The summed E-state index contributed by atoms with van der Waals surface area (Å²) < 4.78 is 52.5. The minimum Gasteiger partial charge on any atom is -0.459 e. The number of hydrogen-bond acceptors (Lipinski definition) is 7. The van der Waals surface area contributed by atoms with Crippen molar-refractivity contribution in [1.29, 1.82) is 0 Å². The van der Waals surface area contributed by atoms with Gasteiger partial charge in [0.15, 0.2) is 0 Å². The van der Waals surface area contributed by atoms with E-state index in [9.17, 15) is 22.4 Å². The Morgan fingerprint density at radius 1 is 0.895 bits per heavy atom. The van der Waals surface area contributed by atoms with E-state index >= 15 is 0 Å². The fraction of sp³-hybridized carbons (Fsp3) is 0.185. The summed E-state index contributed by atoms with van der Waals surface area (Å²) in [4.78, 5) is 30.3. The molecule has 11 heteroatoms. The van der Waals surface area contributed by atoms with Gasteiger partial charge in [-0.05, 0) is 80.9 Å². The molecule has 2 aromatic carbocycles. The topological polar surface area (TPSA) is 131 Å². The Labute approximate surface area is 217 Å². The highest BCUT2D eigenvalue weighted by Crippen LogP contribution is 2.23. The summed E-state index contributed by atoms with van der Waals surface area (Å²) in [5.41, 5.74) is -0.533. The summed E-state index contributed by atoms with van der Waals surface area (Å²) in [6.07, 6.45) is 2.81. The fourth-order valence-corrected chi connectivity index (χ4v) is 3.80. The molecule has 0 aliphatic rings. The Balaban J connectivity index is 1.55. The van der Waals surface area contributed by atoms with Crippen LogP contribution in [-0.2, 0) is 20.9 Å². The minimum atomic E-state index is -3.81. The predicted octanol–water partition coefficient (Wildman–Crippen LogP) is 2.89. The number of hydrogen-bond donors (Lipinski definition) is 2. The second kappa shape index (κ2) is 10.6. The number of aromatic nitrogens is 2. The lowest BCUT2D eigenvalue weighted by atomic mass is 10.2. The van der Waals surface area contributed by atoms with Crippen molar-refractivity contribution >= 4 is 22.3 Å². The van der Waals surface area contributed by atoms with Crippen LogP contribution in [0.5, 0.6) is 11.5 Å². The van der Waals surface area contributed by atoms with Crippen LogP contribution >= 0.6 is 0 Å². The zero-order valence-electron chi connectivity index (χ0n) is 20.8. The SMILES string of the molecule is CC(C)(C)S(=O)(=O)OCc1ccc(/C=c2\[nH]c(=O)/c(=C/c3cccc(Oc4ccc(F)cc4)c3)[nH]c2=O)o1. The van der Waals surface area contributed by atoms with Gasteiger partial charge in [-0.3, -0.25) is 13.8 Å². The highest BCUT2D eigenvalue weighted by molar-refractivity contribution is 7.88. The second-order valence-electron chi connectivity index (χ2n) is 9.29. The van der Waals surface area contributed by atoms with Crippen molar-refractivity contribution in [3.05, 3.63) is 115 Å². The van der Waals surface area contributed by atoms with Crippen LogP contribution in [0.25, 0.3) is 12.2 Å². The van der Waals surface area contributed by atoms with Gasteiger partial charge in [0.1, 0.15) is 46.1 Å². The molecule has 0 atom stereocenters. The van der Waals surface area contributed by atoms with Gasteiger partial charge in [-0.15, -0.1) is 0 Å². The van der Waals surface area contributed by atoms with Crippen molar-refractivity contribution in [3.63, 3.8) is 0 Å². The van der Waals surface area contributed by atoms with Gasteiger partial charge in [0, 0.05) is 6.08 Å². The van der Waals surface area contributed by atoms with Gasteiger partial charge in [-0.2, -0.15) is 8.42 Å². The lowest BCUT2D eigenvalue weighted by molar-refractivity contribution is 0.263. The summed E-state index contributed by atoms with van der Waals surface area (Å²) >= 11 is 0. The molecular weight excluding hydrogens is 515 g/mol. The number of rotatable bonds is 7. The van der Waals surface area contributed by atoms with Crippen molar-refractivity contribution in [1.82, 2.24) is 9.97 Å². The first-order chi connectivity index (χ1) is 17.9. The van der Waals surface area contributed by atoms with Crippen LogP contribution in [0.2, 0.25) is 0 Å². The van der Waals surface area contributed by atoms with Gasteiger partial charge < -0.3 is 19.1 Å². The number of benzene rings is 2. The van der Waals surface area contributed by atoms with Crippen LogP contribution in [0.4, 0.5) is 4.39 Å². The Bertz CT molecular complexity index is 1800. The van der Waals surface area contributed by atoms with Crippen LogP contribution in [0.1, 0.15) is 37.9 Å². The first kappa shape index (κ1) is 26.8. The van der Waals surface area contributed by atoms with Crippen LogP contribution in [0.15, 0.2) is 74.7 Å². The molecule has 0 radical (unpaired) electrons. The van der Waals surface area contributed by atoms with E-state index in [0.29, 0.717) is 17.1 Å². The number of ether oxygens (including phenoxy) is 1. The molecule has 2 heterocycles. The molecule has 198 valence electrons. The second-order valence-corrected chi connectivity index (χ2v) is 11.7. The molecule has 0 saturated carbocycles. The maximum absolute atomic E-state index is 13.1. The van der Waals surface area contributed by atoms with Gasteiger partial charge in [0.05, 0.1) is 4.75 Å². The molecule has 0 fully saturated rings. The first-order valence-electron chi connectivity index (χ1n) is 11.5. The van der Waals surface area contributed by atoms with Gasteiger partial charge in [-0.25, -0.2) is 4.39 Å². The molecule has 0 aliphatic heterocycles. The molecule has 0 aliphatic carbocycles. The number of aromatic amines is 2. The summed E-state index contributed by atoms with van der Waals surface area (Å²) in [5.74, 6) is 0.979. The third-order valence-corrected chi connectivity index (χ3v) is 7.21. The van der Waals surface area contributed by atoms with Crippen LogP contribution in [0.3, 0.4) is 0 Å². The van der Waals surface area contributed by atoms with Crippen molar-refractivity contribution in [2.45, 2.75) is 32.1 Å².